The number of benzene rings is 2. The first-order valence-corrected chi connectivity index (χ1v) is 10.3. The van der Waals surface area contributed by atoms with Crippen molar-refractivity contribution in [3.8, 4) is 0 Å². The highest BCUT2D eigenvalue weighted by atomic mass is 32.2. The summed E-state index contributed by atoms with van der Waals surface area (Å²) in [6.07, 6.45) is 0.981. The maximum atomic E-state index is 12.3. The van der Waals surface area contributed by atoms with E-state index < -0.39 is 25.5 Å². The molecule has 2 aromatic carbocycles. The molecule has 3 unspecified atom stereocenters. The molecule has 4 nitrogen and oxygen atoms in total. The number of carboxylic acid groups (broad SMARTS) is 1. The Morgan fingerprint density at radius 2 is 1.91 bits per heavy atom. The maximum absolute atomic E-state index is 12.3. The second kappa shape index (κ2) is 8.53. The quantitative estimate of drug-likeness (QED) is 0.548. The van der Waals surface area contributed by atoms with Crippen molar-refractivity contribution in [2.45, 2.75) is 30.5 Å². The predicted molar refractivity (Wildman–Crippen MR) is 95.7 cm³/mol. The predicted octanol–water partition coefficient (Wildman–Crippen LogP) is 4.27. The van der Waals surface area contributed by atoms with E-state index in [1.165, 1.54) is 11.8 Å². The third-order valence-electron chi connectivity index (χ3n) is 3.73. The van der Waals surface area contributed by atoms with Crippen molar-refractivity contribution < 1.29 is 19.6 Å². The average Bonchev–Trinajstić information content (AvgIpc) is 2.56. The monoisotopic (exact) mass is 352 g/mol. The highest BCUT2D eigenvalue weighted by molar-refractivity contribution is 8.03. The smallest absolute Gasteiger partial charge is 0.309 e. The van der Waals surface area contributed by atoms with Gasteiger partial charge in [-0.1, -0.05) is 43.7 Å². The molecule has 0 aromatic heterocycles. The van der Waals surface area contributed by atoms with Crippen LogP contribution in [-0.4, -0.2) is 27.5 Å². The Bertz CT molecular complexity index is 704. The summed E-state index contributed by atoms with van der Waals surface area (Å²) < 4.78 is 12.3. The summed E-state index contributed by atoms with van der Waals surface area (Å²) in [6, 6.07) is 14.0. The standard InChI is InChI=1S/C17H21O4PS/c1-2-5-15(16(18)19)17(20)22(21)11-23-14-9-8-12-6-3-4-7-13(12)10-14/h3-4,6-10,15,17,20,22H,2,5,11H2,1H3,(H,18,19). The van der Waals surface area contributed by atoms with Gasteiger partial charge < -0.3 is 14.8 Å². The van der Waals surface area contributed by atoms with Crippen LogP contribution < -0.4 is 0 Å². The highest BCUT2D eigenvalue weighted by Gasteiger charge is 2.29. The normalized spacial score (nSPS) is 15.2. The van der Waals surface area contributed by atoms with E-state index >= 15 is 0 Å². The van der Waals surface area contributed by atoms with Gasteiger partial charge in [0, 0.05) is 4.90 Å². The summed E-state index contributed by atoms with van der Waals surface area (Å²) in [5, 5.41) is 21.4. The lowest BCUT2D eigenvalue weighted by Gasteiger charge is -2.18. The zero-order valence-corrected chi connectivity index (χ0v) is 14.8. The van der Waals surface area contributed by atoms with Crippen molar-refractivity contribution in [3.05, 3.63) is 42.5 Å². The minimum atomic E-state index is -2.40. The van der Waals surface area contributed by atoms with Crippen molar-refractivity contribution in [1.82, 2.24) is 0 Å². The Balaban J connectivity index is 2.00. The summed E-state index contributed by atoms with van der Waals surface area (Å²) in [5.74, 6) is -3.28. The highest BCUT2D eigenvalue weighted by Crippen LogP contribution is 2.39. The summed E-state index contributed by atoms with van der Waals surface area (Å²) >= 11 is 1.40. The molecule has 0 amide bonds. The van der Waals surface area contributed by atoms with Gasteiger partial charge in [0.05, 0.1) is 11.4 Å². The molecule has 0 fully saturated rings. The first kappa shape index (κ1) is 18.1. The number of carbonyl (C=O) groups is 1. The molecule has 0 bridgehead atoms. The van der Waals surface area contributed by atoms with Crippen molar-refractivity contribution in [3.63, 3.8) is 0 Å². The molecule has 2 N–H and O–H groups in total. The Kier molecular flexibility index (Phi) is 6.70. The van der Waals surface area contributed by atoms with E-state index in [-0.39, 0.29) is 5.49 Å². The minimum absolute atomic E-state index is 0.248. The number of aliphatic hydroxyl groups is 1. The average molecular weight is 352 g/mol. The summed E-state index contributed by atoms with van der Waals surface area (Å²) in [4.78, 5) is 12.1. The molecule has 0 aliphatic carbocycles. The number of hydrogen-bond donors (Lipinski definition) is 2. The van der Waals surface area contributed by atoms with Crippen LogP contribution in [0.2, 0.25) is 0 Å². The Morgan fingerprint density at radius 1 is 1.22 bits per heavy atom. The number of thioether (sulfide) groups is 1. The fraction of sp³-hybridized carbons (Fsp3) is 0.353. The molecule has 0 saturated heterocycles. The summed E-state index contributed by atoms with van der Waals surface area (Å²) in [5.41, 5.74) is 0.248. The number of carboxylic acids is 1. The lowest BCUT2D eigenvalue weighted by Crippen LogP contribution is -2.25. The molecule has 2 aromatic rings. The zero-order valence-electron chi connectivity index (χ0n) is 12.9. The topological polar surface area (TPSA) is 74.6 Å². The molecule has 3 atom stereocenters. The maximum Gasteiger partial charge on any atom is 0.309 e. The molecule has 0 aliphatic heterocycles. The molecular formula is C17H21O4PS. The Hall–Kier alpha value is -1.29. The second-order valence-electron chi connectivity index (χ2n) is 5.44. The Labute approximate surface area is 140 Å². The Morgan fingerprint density at radius 3 is 2.57 bits per heavy atom. The number of fused-ring (bicyclic) bond motifs is 1. The fourth-order valence-electron chi connectivity index (χ4n) is 2.45. The summed E-state index contributed by atoms with van der Waals surface area (Å²) in [7, 11) is -2.40. The van der Waals surface area contributed by atoms with Gasteiger partial charge in [0.2, 0.25) is 0 Å². The van der Waals surface area contributed by atoms with Crippen LogP contribution in [0.25, 0.3) is 10.8 Å². The molecule has 0 spiro atoms. The SMILES string of the molecule is CCCC(C(=O)O)C(O)[PH](=O)CSc1ccc2ccccc2c1. The van der Waals surface area contributed by atoms with E-state index in [1.54, 1.807) is 0 Å². The molecule has 0 aliphatic rings. The van der Waals surface area contributed by atoms with E-state index in [2.05, 4.69) is 0 Å². The number of rotatable bonds is 8. The van der Waals surface area contributed by atoms with Gasteiger partial charge in [-0.2, -0.15) is 0 Å². The van der Waals surface area contributed by atoms with E-state index in [0.717, 1.165) is 15.7 Å². The molecule has 124 valence electrons. The fourth-order valence-corrected chi connectivity index (χ4v) is 5.50. The van der Waals surface area contributed by atoms with Gasteiger partial charge in [0.15, 0.2) is 0 Å². The van der Waals surface area contributed by atoms with E-state index in [9.17, 15) is 14.5 Å². The van der Waals surface area contributed by atoms with Crippen molar-refractivity contribution in [2.75, 3.05) is 5.49 Å². The van der Waals surface area contributed by atoms with Gasteiger partial charge >= 0.3 is 5.97 Å². The first-order valence-electron chi connectivity index (χ1n) is 7.58. The minimum Gasteiger partial charge on any atom is -0.481 e. The zero-order chi connectivity index (χ0) is 16.8. The molecule has 6 heteroatoms. The van der Waals surface area contributed by atoms with Crippen LogP contribution in [0.1, 0.15) is 19.8 Å². The second-order valence-corrected chi connectivity index (χ2v) is 8.88. The van der Waals surface area contributed by atoms with Crippen LogP contribution in [0.15, 0.2) is 47.4 Å². The molecule has 23 heavy (non-hydrogen) atoms. The summed E-state index contributed by atoms with van der Waals surface area (Å²) in [6.45, 7) is 1.85. The third-order valence-corrected chi connectivity index (χ3v) is 7.09. The van der Waals surface area contributed by atoms with E-state index in [4.69, 9.17) is 5.11 Å². The molecule has 2 rings (SSSR count). The van der Waals surface area contributed by atoms with Crippen LogP contribution in [0.5, 0.6) is 0 Å². The molecule has 0 saturated carbocycles. The van der Waals surface area contributed by atoms with Gasteiger partial charge in [-0.15, -0.1) is 11.8 Å². The van der Waals surface area contributed by atoms with Gasteiger partial charge in [0.25, 0.3) is 0 Å². The molecular weight excluding hydrogens is 331 g/mol. The van der Waals surface area contributed by atoms with Gasteiger partial charge in [-0.25, -0.2) is 0 Å². The third kappa shape index (κ3) is 4.84. The van der Waals surface area contributed by atoms with Crippen LogP contribution in [0, 0.1) is 5.92 Å². The number of hydrogen-bond acceptors (Lipinski definition) is 4. The lowest BCUT2D eigenvalue weighted by atomic mass is 10.1. The van der Waals surface area contributed by atoms with Gasteiger partial charge in [0.1, 0.15) is 13.6 Å². The van der Waals surface area contributed by atoms with Crippen molar-refractivity contribution in [1.29, 1.82) is 0 Å². The van der Waals surface area contributed by atoms with Gasteiger partial charge in [-0.3, -0.25) is 4.79 Å². The largest absolute Gasteiger partial charge is 0.481 e. The van der Waals surface area contributed by atoms with Crippen molar-refractivity contribution in [2.24, 2.45) is 5.92 Å². The number of aliphatic hydroxyl groups excluding tert-OH is 1. The van der Waals surface area contributed by atoms with E-state index in [1.807, 2.05) is 49.4 Å². The molecule has 0 radical (unpaired) electrons. The van der Waals surface area contributed by atoms with E-state index in [0.29, 0.717) is 12.8 Å². The lowest BCUT2D eigenvalue weighted by molar-refractivity contribution is -0.144. The van der Waals surface area contributed by atoms with Gasteiger partial charge in [-0.05, 0) is 29.3 Å². The first-order chi connectivity index (χ1) is 11.0. The van der Waals surface area contributed by atoms with Crippen molar-refractivity contribution >= 4 is 36.3 Å². The van der Waals surface area contributed by atoms with Crippen LogP contribution in [-0.2, 0) is 9.36 Å². The van der Waals surface area contributed by atoms with Crippen LogP contribution in [0.3, 0.4) is 0 Å². The van der Waals surface area contributed by atoms with Crippen LogP contribution in [0.4, 0.5) is 0 Å². The molecule has 0 heterocycles. The number of aliphatic carboxylic acids is 1. The van der Waals surface area contributed by atoms with Crippen LogP contribution >= 0.6 is 19.6 Å².